The molecule has 1 unspecified atom stereocenters. The minimum absolute atomic E-state index is 0.422. The van der Waals surface area contributed by atoms with E-state index in [1.165, 1.54) is 26.9 Å². The standard InChI is InChI=1S/C14H18ClNS/c1-4-7-16-10(3)14-9(2)12-8-11(15)5-6-13(12)17-14/h5-6,8,10,16H,4,7H2,1-3H3. The Morgan fingerprint density at radius 1 is 1.41 bits per heavy atom. The molecule has 0 spiro atoms. The highest BCUT2D eigenvalue weighted by Gasteiger charge is 2.13. The number of halogens is 1. The highest BCUT2D eigenvalue weighted by Crippen LogP contribution is 2.35. The number of fused-ring (bicyclic) bond motifs is 1. The van der Waals surface area contributed by atoms with Crippen molar-refractivity contribution in [3.05, 3.63) is 33.7 Å². The van der Waals surface area contributed by atoms with Crippen LogP contribution in [0.1, 0.15) is 36.8 Å². The summed E-state index contributed by atoms with van der Waals surface area (Å²) in [6.45, 7) is 7.68. The Kier molecular flexibility index (Phi) is 4.08. The second-order valence-electron chi connectivity index (χ2n) is 4.41. The molecule has 0 fully saturated rings. The first kappa shape index (κ1) is 12.9. The molecule has 0 radical (unpaired) electrons. The summed E-state index contributed by atoms with van der Waals surface area (Å²) in [4.78, 5) is 1.43. The number of hydrogen-bond donors (Lipinski definition) is 1. The average Bonchev–Trinajstić information content (AvgIpc) is 2.64. The van der Waals surface area contributed by atoms with Crippen molar-refractivity contribution in [1.29, 1.82) is 0 Å². The van der Waals surface area contributed by atoms with Gasteiger partial charge in [-0.1, -0.05) is 18.5 Å². The Labute approximate surface area is 112 Å². The molecule has 1 aromatic carbocycles. The summed E-state index contributed by atoms with van der Waals surface area (Å²) in [6, 6.07) is 6.57. The predicted octanol–water partition coefficient (Wildman–Crippen LogP) is 4.92. The van der Waals surface area contributed by atoms with Crippen LogP contribution in [0.15, 0.2) is 18.2 Å². The van der Waals surface area contributed by atoms with Crippen molar-refractivity contribution < 1.29 is 0 Å². The summed E-state index contributed by atoms with van der Waals surface area (Å²) in [6.07, 6.45) is 1.17. The minimum Gasteiger partial charge on any atom is -0.309 e. The van der Waals surface area contributed by atoms with Crippen LogP contribution in [0.25, 0.3) is 10.1 Å². The zero-order chi connectivity index (χ0) is 12.4. The number of rotatable bonds is 4. The van der Waals surface area contributed by atoms with Crippen molar-refractivity contribution in [3.8, 4) is 0 Å². The lowest BCUT2D eigenvalue weighted by atomic mass is 10.1. The fourth-order valence-electron chi connectivity index (χ4n) is 2.08. The molecule has 0 aliphatic heterocycles. The molecule has 1 atom stereocenters. The van der Waals surface area contributed by atoms with Gasteiger partial charge in [-0.05, 0) is 56.0 Å². The maximum atomic E-state index is 6.05. The summed E-state index contributed by atoms with van der Waals surface area (Å²) in [7, 11) is 0. The Hall–Kier alpha value is -0.570. The largest absolute Gasteiger partial charge is 0.309 e. The molecule has 0 aliphatic rings. The van der Waals surface area contributed by atoms with Crippen LogP contribution in [0.4, 0.5) is 0 Å². The highest BCUT2D eigenvalue weighted by molar-refractivity contribution is 7.19. The average molecular weight is 268 g/mol. The maximum absolute atomic E-state index is 6.05. The molecule has 0 saturated heterocycles. The fraction of sp³-hybridized carbons (Fsp3) is 0.429. The van der Waals surface area contributed by atoms with Crippen LogP contribution in [0, 0.1) is 6.92 Å². The van der Waals surface area contributed by atoms with Gasteiger partial charge in [0.05, 0.1) is 0 Å². The minimum atomic E-state index is 0.422. The molecule has 0 aliphatic carbocycles. The second kappa shape index (κ2) is 5.38. The molecule has 17 heavy (non-hydrogen) atoms. The maximum Gasteiger partial charge on any atom is 0.0413 e. The quantitative estimate of drug-likeness (QED) is 0.829. The van der Waals surface area contributed by atoms with Crippen molar-refractivity contribution in [1.82, 2.24) is 5.32 Å². The van der Waals surface area contributed by atoms with Crippen molar-refractivity contribution in [3.63, 3.8) is 0 Å². The molecule has 1 aromatic heterocycles. The first-order valence-corrected chi connectivity index (χ1v) is 7.25. The van der Waals surface area contributed by atoms with E-state index in [9.17, 15) is 0 Å². The van der Waals surface area contributed by atoms with E-state index in [0.717, 1.165) is 11.6 Å². The SMILES string of the molecule is CCCNC(C)c1sc2ccc(Cl)cc2c1C. The second-order valence-corrected chi connectivity index (χ2v) is 5.93. The van der Waals surface area contributed by atoms with E-state index < -0.39 is 0 Å². The molecule has 1 nitrogen and oxygen atoms in total. The molecular weight excluding hydrogens is 250 g/mol. The number of thiophene rings is 1. The van der Waals surface area contributed by atoms with E-state index in [1.807, 2.05) is 17.4 Å². The van der Waals surface area contributed by atoms with Gasteiger partial charge in [0, 0.05) is 20.6 Å². The zero-order valence-corrected chi connectivity index (χ0v) is 12.1. The molecule has 1 N–H and O–H groups in total. The number of aryl methyl sites for hydroxylation is 1. The molecule has 0 amide bonds. The van der Waals surface area contributed by atoms with Crippen LogP contribution >= 0.6 is 22.9 Å². The highest BCUT2D eigenvalue weighted by atomic mass is 35.5. The summed E-state index contributed by atoms with van der Waals surface area (Å²) in [5.41, 5.74) is 1.36. The van der Waals surface area contributed by atoms with Crippen LogP contribution in [0.3, 0.4) is 0 Å². The van der Waals surface area contributed by atoms with Crippen molar-refractivity contribution >= 4 is 33.0 Å². The third kappa shape index (κ3) is 2.65. The third-order valence-corrected chi connectivity index (χ3v) is 4.72. The van der Waals surface area contributed by atoms with Crippen molar-refractivity contribution in [2.45, 2.75) is 33.2 Å². The zero-order valence-electron chi connectivity index (χ0n) is 10.5. The molecule has 1 heterocycles. The van der Waals surface area contributed by atoms with Crippen LogP contribution in [0.2, 0.25) is 5.02 Å². The van der Waals surface area contributed by atoms with Gasteiger partial charge in [0.15, 0.2) is 0 Å². The van der Waals surface area contributed by atoms with Gasteiger partial charge in [0.1, 0.15) is 0 Å². The topological polar surface area (TPSA) is 12.0 Å². The summed E-state index contributed by atoms with van der Waals surface area (Å²) >= 11 is 7.92. The molecule has 0 bridgehead atoms. The first-order valence-electron chi connectivity index (χ1n) is 6.05. The molecule has 2 rings (SSSR count). The molecule has 92 valence electrons. The predicted molar refractivity (Wildman–Crippen MR) is 78.3 cm³/mol. The first-order chi connectivity index (χ1) is 8.13. The Morgan fingerprint density at radius 2 is 2.18 bits per heavy atom. The summed E-state index contributed by atoms with van der Waals surface area (Å²) in [5, 5.41) is 5.66. The van der Waals surface area contributed by atoms with Crippen LogP contribution in [-0.2, 0) is 0 Å². The van der Waals surface area contributed by atoms with Gasteiger partial charge in [-0.2, -0.15) is 0 Å². The Balaban J connectivity index is 2.38. The number of nitrogens with one attached hydrogen (secondary N) is 1. The van der Waals surface area contributed by atoms with Crippen LogP contribution < -0.4 is 5.32 Å². The van der Waals surface area contributed by atoms with Gasteiger partial charge in [-0.25, -0.2) is 0 Å². The van der Waals surface area contributed by atoms with E-state index in [2.05, 4.69) is 38.2 Å². The summed E-state index contributed by atoms with van der Waals surface area (Å²) in [5.74, 6) is 0. The molecule has 3 heteroatoms. The van der Waals surface area contributed by atoms with Crippen molar-refractivity contribution in [2.75, 3.05) is 6.54 Å². The van der Waals surface area contributed by atoms with Gasteiger partial charge in [-0.15, -0.1) is 11.3 Å². The third-order valence-electron chi connectivity index (χ3n) is 3.03. The van der Waals surface area contributed by atoms with Gasteiger partial charge >= 0.3 is 0 Å². The summed E-state index contributed by atoms with van der Waals surface area (Å²) < 4.78 is 1.33. The van der Waals surface area contributed by atoms with E-state index >= 15 is 0 Å². The molecular formula is C14H18ClNS. The smallest absolute Gasteiger partial charge is 0.0413 e. The van der Waals surface area contributed by atoms with E-state index in [4.69, 9.17) is 11.6 Å². The van der Waals surface area contributed by atoms with Gasteiger partial charge < -0.3 is 5.32 Å². The van der Waals surface area contributed by atoms with Gasteiger partial charge in [-0.3, -0.25) is 0 Å². The van der Waals surface area contributed by atoms with Gasteiger partial charge in [0.2, 0.25) is 0 Å². The van der Waals surface area contributed by atoms with E-state index in [-0.39, 0.29) is 0 Å². The lowest BCUT2D eigenvalue weighted by molar-refractivity contribution is 0.576. The van der Waals surface area contributed by atoms with Crippen molar-refractivity contribution in [2.24, 2.45) is 0 Å². The fourth-order valence-corrected chi connectivity index (χ4v) is 3.47. The Morgan fingerprint density at radius 3 is 2.88 bits per heavy atom. The normalized spacial score (nSPS) is 13.2. The molecule has 0 saturated carbocycles. The lowest BCUT2D eigenvalue weighted by Crippen LogP contribution is -2.18. The molecule has 2 aromatic rings. The van der Waals surface area contributed by atoms with Crippen LogP contribution in [-0.4, -0.2) is 6.54 Å². The monoisotopic (exact) mass is 267 g/mol. The van der Waals surface area contributed by atoms with Crippen LogP contribution in [0.5, 0.6) is 0 Å². The van der Waals surface area contributed by atoms with E-state index in [1.54, 1.807) is 0 Å². The number of benzene rings is 1. The Bertz CT molecular complexity index is 518. The lowest BCUT2D eigenvalue weighted by Gasteiger charge is -2.12. The van der Waals surface area contributed by atoms with E-state index in [0.29, 0.717) is 6.04 Å². The van der Waals surface area contributed by atoms with Gasteiger partial charge in [0.25, 0.3) is 0 Å². The number of hydrogen-bond acceptors (Lipinski definition) is 2.